The van der Waals surface area contributed by atoms with E-state index in [9.17, 15) is 24.0 Å². The number of alkyl carbamates (subject to hydrolysis) is 1. The van der Waals surface area contributed by atoms with E-state index < -0.39 is 41.8 Å². The molecule has 1 aliphatic rings. The molecule has 3 rings (SSSR count). The Morgan fingerprint density at radius 2 is 1.45 bits per heavy atom. The van der Waals surface area contributed by atoms with Crippen LogP contribution in [0.25, 0.3) is 16.7 Å². The number of carbonyl (C=O) groups excluding carboxylic acids is 5. The van der Waals surface area contributed by atoms with Gasteiger partial charge in [0.25, 0.3) is 0 Å². The molecule has 3 atom stereocenters. The van der Waals surface area contributed by atoms with Crippen LogP contribution >= 0.6 is 0 Å². The van der Waals surface area contributed by atoms with Crippen LogP contribution in [0.2, 0.25) is 0 Å². The van der Waals surface area contributed by atoms with Crippen LogP contribution < -0.4 is 10.6 Å². The van der Waals surface area contributed by atoms with Crippen molar-refractivity contribution >= 4 is 35.8 Å². The molecule has 47 heavy (non-hydrogen) atoms. The molecular formula is C36H46N4O7. The van der Waals surface area contributed by atoms with Gasteiger partial charge in [0.2, 0.25) is 11.7 Å². The number of ether oxygens (including phenoxy) is 2. The molecule has 0 saturated carbocycles. The minimum atomic E-state index is -1.13. The number of esters is 1. The van der Waals surface area contributed by atoms with Crippen molar-refractivity contribution < 1.29 is 38.2 Å². The lowest BCUT2D eigenvalue weighted by molar-refractivity contribution is -0.148. The van der Waals surface area contributed by atoms with Gasteiger partial charge in [0.1, 0.15) is 12.6 Å². The largest absolute Gasteiger partial charge is 0.464 e. The number of hydrogen-bond acceptors (Lipinski definition) is 7. The second kappa shape index (κ2) is 17.9. The summed E-state index contributed by atoms with van der Waals surface area (Å²) in [5, 5.41) is 5.41. The lowest BCUT2D eigenvalue weighted by Gasteiger charge is -2.25. The van der Waals surface area contributed by atoms with E-state index in [1.807, 2.05) is 64.1 Å². The van der Waals surface area contributed by atoms with E-state index in [4.69, 9.17) is 15.0 Å². The molecule has 0 saturated heterocycles. The summed E-state index contributed by atoms with van der Waals surface area (Å²) < 4.78 is 10.8. The highest BCUT2D eigenvalue weighted by Crippen LogP contribution is 2.44. The highest BCUT2D eigenvalue weighted by Gasteiger charge is 2.33. The fraction of sp³-hybridized carbons (Fsp3) is 0.500. The van der Waals surface area contributed by atoms with Gasteiger partial charge in [-0.2, -0.15) is 4.79 Å². The summed E-state index contributed by atoms with van der Waals surface area (Å²) in [6.07, 6.45) is 0.300. The number of nitrogens with zero attached hydrogens (tertiary/aromatic N) is 2. The summed E-state index contributed by atoms with van der Waals surface area (Å²) in [6, 6.07) is 14.0. The summed E-state index contributed by atoms with van der Waals surface area (Å²) in [6.45, 7) is 9.50. The highest BCUT2D eigenvalue weighted by molar-refractivity contribution is 6.25. The van der Waals surface area contributed by atoms with Gasteiger partial charge in [0.05, 0.1) is 12.6 Å². The molecule has 0 heterocycles. The van der Waals surface area contributed by atoms with Crippen LogP contribution in [-0.2, 0) is 28.7 Å². The van der Waals surface area contributed by atoms with Crippen molar-refractivity contribution in [2.75, 3.05) is 13.2 Å². The number of ketones is 2. The van der Waals surface area contributed by atoms with Gasteiger partial charge in [-0.15, -0.1) is 0 Å². The summed E-state index contributed by atoms with van der Waals surface area (Å²) in [7, 11) is 0. The first kappa shape index (κ1) is 36.8. The molecule has 0 radical (unpaired) electrons. The topological polar surface area (TPSA) is 164 Å². The first-order valence-electron chi connectivity index (χ1n) is 16.3. The molecule has 11 heteroatoms. The van der Waals surface area contributed by atoms with E-state index in [0.29, 0.717) is 12.8 Å². The third-order valence-electron chi connectivity index (χ3n) is 8.07. The van der Waals surface area contributed by atoms with E-state index >= 15 is 0 Å². The lowest BCUT2D eigenvalue weighted by Crippen LogP contribution is -2.47. The average molecular weight is 647 g/mol. The summed E-state index contributed by atoms with van der Waals surface area (Å²) >= 11 is 0. The van der Waals surface area contributed by atoms with Crippen LogP contribution in [0, 0.1) is 17.8 Å². The predicted molar refractivity (Wildman–Crippen MR) is 177 cm³/mol. The number of nitrogens with one attached hydrogen (secondary N) is 2. The molecule has 0 fully saturated rings. The fourth-order valence-electron chi connectivity index (χ4n) is 5.96. The van der Waals surface area contributed by atoms with Gasteiger partial charge in [0.15, 0.2) is 5.78 Å². The van der Waals surface area contributed by atoms with Crippen molar-refractivity contribution in [2.45, 2.75) is 84.7 Å². The first-order valence-corrected chi connectivity index (χ1v) is 16.3. The van der Waals surface area contributed by atoms with E-state index in [0.717, 1.165) is 28.5 Å². The second-order valence-electron chi connectivity index (χ2n) is 12.7. The number of Topliss-reactive ketones (excluding diaryl/α,β-unsaturated/α-hetero) is 2. The Morgan fingerprint density at radius 1 is 0.851 bits per heavy atom. The molecule has 0 spiro atoms. The Labute approximate surface area is 276 Å². The van der Waals surface area contributed by atoms with Gasteiger partial charge in [0, 0.05) is 24.7 Å². The van der Waals surface area contributed by atoms with Gasteiger partial charge in [-0.3, -0.25) is 14.4 Å². The Kier molecular flexibility index (Phi) is 14.0. The van der Waals surface area contributed by atoms with Crippen LogP contribution in [0.3, 0.4) is 0 Å². The Balaban J connectivity index is 1.70. The number of benzene rings is 2. The number of carbonyl (C=O) groups is 5. The van der Waals surface area contributed by atoms with Crippen LogP contribution in [0.4, 0.5) is 4.79 Å². The normalized spacial score (nSPS) is 13.9. The zero-order valence-corrected chi connectivity index (χ0v) is 27.9. The molecule has 0 unspecified atom stereocenters. The Hall–Kier alpha value is -4.63. The van der Waals surface area contributed by atoms with Crippen LogP contribution in [0.5, 0.6) is 0 Å². The van der Waals surface area contributed by atoms with Crippen molar-refractivity contribution in [2.24, 2.45) is 17.8 Å². The fourth-order valence-corrected chi connectivity index (χ4v) is 5.96. The van der Waals surface area contributed by atoms with Gasteiger partial charge < -0.3 is 25.6 Å². The van der Waals surface area contributed by atoms with Gasteiger partial charge in [-0.1, -0.05) is 76.2 Å². The molecule has 2 N–H and O–H groups in total. The van der Waals surface area contributed by atoms with Crippen LogP contribution in [0.15, 0.2) is 48.5 Å². The standard InChI is InChI=1S/C36H46N4O7/c1-6-46-35(44)31(16-15-25(41)20-38-37)39-34(43)24(17-22(2)3)19-33(42)32(18-23(4)5)40-36(45)47-21-30-28-13-9-7-11-26(28)27-12-8-10-14-29(27)30/h7-14,20,22-24,30-32H,6,15-19,21H2,1-5H3,(H,39,43)(H,40,45)/t24-,31+,32+/m1/s1. The molecule has 0 aromatic heterocycles. The van der Waals surface area contributed by atoms with Crippen molar-refractivity contribution in [3.05, 3.63) is 65.2 Å². The zero-order chi connectivity index (χ0) is 34.5. The quantitative estimate of drug-likeness (QED) is 0.0965. The van der Waals surface area contributed by atoms with Gasteiger partial charge >= 0.3 is 18.3 Å². The lowest BCUT2D eigenvalue weighted by atomic mass is 9.87. The molecule has 2 aromatic carbocycles. The zero-order valence-electron chi connectivity index (χ0n) is 27.9. The van der Waals surface area contributed by atoms with Gasteiger partial charge in [-0.25, -0.2) is 9.59 Å². The third kappa shape index (κ3) is 10.7. The summed E-state index contributed by atoms with van der Waals surface area (Å²) in [4.78, 5) is 67.4. The Bertz CT molecular complexity index is 1440. The van der Waals surface area contributed by atoms with E-state index in [1.165, 1.54) is 0 Å². The van der Waals surface area contributed by atoms with Crippen molar-refractivity contribution in [1.29, 1.82) is 0 Å². The highest BCUT2D eigenvalue weighted by atomic mass is 16.5. The van der Waals surface area contributed by atoms with Crippen molar-refractivity contribution in [3.8, 4) is 11.1 Å². The third-order valence-corrected chi connectivity index (χ3v) is 8.07. The molecule has 252 valence electrons. The Morgan fingerprint density at radius 3 is 2.00 bits per heavy atom. The molecule has 0 aliphatic heterocycles. The smallest absolute Gasteiger partial charge is 0.407 e. The number of amides is 2. The maximum Gasteiger partial charge on any atom is 0.407 e. The summed E-state index contributed by atoms with van der Waals surface area (Å²) in [5.41, 5.74) is 13.0. The minimum absolute atomic E-state index is 0.0422. The predicted octanol–water partition coefficient (Wildman–Crippen LogP) is 5.26. The van der Waals surface area contributed by atoms with E-state index in [1.54, 1.807) is 6.92 Å². The number of hydrogen-bond donors (Lipinski definition) is 2. The van der Waals surface area contributed by atoms with Crippen LogP contribution in [-0.4, -0.2) is 65.8 Å². The van der Waals surface area contributed by atoms with E-state index in [2.05, 4.69) is 27.6 Å². The number of fused-ring (bicyclic) bond motifs is 3. The van der Waals surface area contributed by atoms with Gasteiger partial charge in [-0.05, 0) is 60.3 Å². The number of rotatable bonds is 18. The second-order valence-corrected chi connectivity index (χ2v) is 12.7. The summed E-state index contributed by atoms with van der Waals surface area (Å²) in [5.74, 6) is -2.92. The molecule has 2 amide bonds. The molecule has 2 aromatic rings. The SMILES string of the molecule is CCOC(=O)[C@H](CCC(=O)C=[N+]=[N-])NC(=O)[C@@H](CC(=O)[C@H](CC(C)C)NC(=O)OCC1c2ccccc2-c2ccccc21)CC(C)C. The van der Waals surface area contributed by atoms with Crippen LogP contribution in [0.1, 0.15) is 83.8 Å². The monoisotopic (exact) mass is 646 g/mol. The minimum Gasteiger partial charge on any atom is -0.464 e. The molecule has 1 aliphatic carbocycles. The maximum absolute atomic E-state index is 13.7. The van der Waals surface area contributed by atoms with E-state index in [-0.39, 0.29) is 56.0 Å². The average Bonchev–Trinajstić information content (AvgIpc) is 3.34. The maximum atomic E-state index is 13.7. The van der Waals surface area contributed by atoms with Crippen molar-refractivity contribution in [3.63, 3.8) is 0 Å². The molecule has 0 bridgehead atoms. The first-order chi connectivity index (χ1) is 22.4. The molecule has 11 nitrogen and oxygen atoms in total. The van der Waals surface area contributed by atoms with Crippen molar-refractivity contribution in [1.82, 2.24) is 10.6 Å². The molecular weight excluding hydrogens is 600 g/mol.